The Morgan fingerprint density at radius 3 is 2.70 bits per heavy atom. The van der Waals surface area contributed by atoms with Gasteiger partial charge in [-0.1, -0.05) is 48.5 Å². The standard InChI is InChI=1S/C21H16N4OS/c26-17-12-16(24-21-22-10-11-27-21)18(13-6-2-1-3-7-13)20-19(25-17)14-8-4-5-9-15(14)23-20/h1-11,18,23H,12H2,(H,25,26). The predicted octanol–water partition coefficient (Wildman–Crippen LogP) is 4.87. The van der Waals surface area contributed by atoms with Gasteiger partial charge in [-0.3, -0.25) is 4.79 Å². The summed E-state index contributed by atoms with van der Waals surface area (Å²) in [7, 11) is 0. The Bertz CT molecular complexity index is 1150. The van der Waals surface area contributed by atoms with E-state index in [1.165, 1.54) is 11.3 Å². The molecule has 0 fully saturated rings. The number of carbonyl (C=O) groups excluding carboxylic acids is 1. The van der Waals surface area contributed by atoms with Crippen LogP contribution in [-0.4, -0.2) is 21.6 Å². The van der Waals surface area contributed by atoms with Crippen molar-refractivity contribution in [1.29, 1.82) is 0 Å². The van der Waals surface area contributed by atoms with Gasteiger partial charge in [-0.15, -0.1) is 11.3 Å². The molecule has 3 heterocycles. The maximum absolute atomic E-state index is 12.7. The summed E-state index contributed by atoms with van der Waals surface area (Å²) in [5.74, 6) is -0.203. The van der Waals surface area contributed by atoms with Crippen LogP contribution < -0.4 is 5.32 Å². The first-order chi connectivity index (χ1) is 13.3. The Hall–Kier alpha value is -3.25. The number of H-pyrrole nitrogens is 1. The van der Waals surface area contributed by atoms with Crippen molar-refractivity contribution in [2.75, 3.05) is 5.32 Å². The van der Waals surface area contributed by atoms with E-state index in [2.05, 4.69) is 27.4 Å². The van der Waals surface area contributed by atoms with E-state index in [0.29, 0.717) is 5.13 Å². The molecule has 27 heavy (non-hydrogen) atoms. The summed E-state index contributed by atoms with van der Waals surface area (Å²) < 4.78 is 0. The number of benzene rings is 2. The monoisotopic (exact) mass is 372 g/mol. The average Bonchev–Trinajstić information content (AvgIpc) is 3.29. The number of aromatic amines is 1. The molecule has 0 radical (unpaired) electrons. The van der Waals surface area contributed by atoms with E-state index in [0.717, 1.165) is 33.6 Å². The number of para-hydroxylation sites is 1. The Morgan fingerprint density at radius 2 is 1.89 bits per heavy atom. The maximum Gasteiger partial charge on any atom is 0.230 e. The van der Waals surface area contributed by atoms with Crippen LogP contribution in [0.4, 0.5) is 10.8 Å². The van der Waals surface area contributed by atoms with Crippen molar-refractivity contribution in [2.24, 2.45) is 4.99 Å². The van der Waals surface area contributed by atoms with Gasteiger partial charge in [0.15, 0.2) is 0 Å². The first-order valence-electron chi connectivity index (χ1n) is 8.72. The average molecular weight is 372 g/mol. The second-order valence-electron chi connectivity index (χ2n) is 6.45. The summed E-state index contributed by atoms with van der Waals surface area (Å²) in [5.41, 5.74) is 4.69. The number of thiazole rings is 1. The summed E-state index contributed by atoms with van der Waals surface area (Å²) >= 11 is 1.47. The van der Waals surface area contributed by atoms with Crippen molar-refractivity contribution < 1.29 is 4.79 Å². The van der Waals surface area contributed by atoms with Crippen molar-refractivity contribution in [3.05, 3.63) is 77.4 Å². The lowest BCUT2D eigenvalue weighted by Gasteiger charge is -2.17. The Labute approximate surface area is 159 Å². The van der Waals surface area contributed by atoms with E-state index in [1.807, 2.05) is 47.8 Å². The topological polar surface area (TPSA) is 70.1 Å². The molecule has 0 saturated carbocycles. The van der Waals surface area contributed by atoms with Crippen LogP contribution in [0.15, 0.2) is 71.2 Å². The molecule has 0 saturated heterocycles. The third kappa shape index (κ3) is 2.84. The van der Waals surface area contributed by atoms with E-state index in [4.69, 9.17) is 4.99 Å². The number of aromatic nitrogens is 2. The molecule has 1 atom stereocenters. The number of hydrogen-bond acceptors (Lipinski definition) is 4. The Kier molecular flexibility index (Phi) is 3.83. The second kappa shape index (κ2) is 6.48. The molecule has 1 unspecified atom stereocenters. The van der Waals surface area contributed by atoms with Crippen molar-refractivity contribution in [3.63, 3.8) is 0 Å². The van der Waals surface area contributed by atoms with Crippen molar-refractivity contribution in [2.45, 2.75) is 12.3 Å². The van der Waals surface area contributed by atoms with E-state index < -0.39 is 0 Å². The van der Waals surface area contributed by atoms with Gasteiger partial charge in [0.2, 0.25) is 11.0 Å². The Balaban J connectivity index is 1.78. The lowest BCUT2D eigenvalue weighted by molar-refractivity contribution is -0.115. The van der Waals surface area contributed by atoms with Crippen LogP contribution in [-0.2, 0) is 4.79 Å². The first kappa shape index (κ1) is 16.0. The van der Waals surface area contributed by atoms with Crippen LogP contribution in [0.2, 0.25) is 0 Å². The van der Waals surface area contributed by atoms with Crippen LogP contribution in [0.1, 0.15) is 23.6 Å². The molecule has 132 valence electrons. The van der Waals surface area contributed by atoms with Crippen LogP contribution in [0, 0.1) is 0 Å². The number of fused-ring (bicyclic) bond motifs is 3. The summed E-state index contributed by atoms with van der Waals surface area (Å²) in [4.78, 5) is 25.2. The smallest absolute Gasteiger partial charge is 0.230 e. The van der Waals surface area contributed by atoms with Gasteiger partial charge in [0.05, 0.1) is 23.7 Å². The van der Waals surface area contributed by atoms with Gasteiger partial charge in [-0.05, 0) is 11.6 Å². The maximum atomic E-state index is 12.7. The number of rotatable bonds is 2. The third-order valence-electron chi connectivity index (χ3n) is 4.75. The van der Waals surface area contributed by atoms with Gasteiger partial charge in [0.1, 0.15) is 0 Å². The van der Waals surface area contributed by atoms with Gasteiger partial charge in [0.25, 0.3) is 0 Å². The molecule has 2 aromatic heterocycles. The molecule has 6 heteroatoms. The summed E-state index contributed by atoms with van der Waals surface area (Å²) in [6, 6.07) is 18.2. The molecule has 0 aliphatic carbocycles. The predicted molar refractivity (Wildman–Crippen MR) is 109 cm³/mol. The van der Waals surface area contributed by atoms with Gasteiger partial charge in [-0.25, -0.2) is 9.98 Å². The summed E-state index contributed by atoms with van der Waals surface area (Å²) in [6.07, 6.45) is 1.96. The zero-order valence-corrected chi connectivity index (χ0v) is 15.2. The number of carbonyl (C=O) groups is 1. The van der Waals surface area contributed by atoms with Crippen molar-refractivity contribution >= 4 is 44.7 Å². The van der Waals surface area contributed by atoms with Gasteiger partial charge in [0, 0.05) is 28.2 Å². The Morgan fingerprint density at radius 1 is 1.07 bits per heavy atom. The fourth-order valence-electron chi connectivity index (χ4n) is 3.63. The normalized spacial score (nSPS) is 18.3. The summed E-state index contributed by atoms with van der Waals surface area (Å²) in [6.45, 7) is 0. The van der Waals surface area contributed by atoms with Gasteiger partial charge < -0.3 is 10.3 Å². The highest BCUT2D eigenvalue weighted by molar-refractivity contribution is 7.13. The minimum atomic E-state index is -0.142. The SMILES string of the molecule is O=C1CC(=Nc2nccs2)C(c2ccccc2)c2[nH]c3ccccc3c2N1. The van der Waals surface area contributed by atoms with Crippen LogP contribution in [0.3, 0.4) is 0 Å². The zero-order chi connectivity index (χ0) is 18.2. The molecular formula is C21H16N4OS. The molecule has 0 spiro atoms. The second-order valence-corrected chi connectivity index (χ2v) is 7.32. The lowest BCUT2D eigenvalue weighted by Crippen LogP contribution is -2.17. The number of anilines is 1. The molecule has 5 rings (SSSR count). The largest absolute Gasteiger partial charge is 0.356 e. The van der Waals surface area contributed by atoms with Gasteiger partial charge in [-0.2, -0.15) is 0 Å². The molecule has 4 aromatic rings. The van der Waals surface area contributed by atoms with Crippen molar-refractivity contribution in [3.8, 4) is 0 Å². The fraction of sp³-hybridized carbons (Fsp3) is 0.0952. The van der Waals surface area contributed by atoms with Crippen LogP contribution in [0.5, 0.6) is 0 Å². The van der Waals surface area contributed by atoms with E-state index in [9.17, 15) is 4.79 Å². The summed E-state index contributed by atoms with van der Waals surface area (Å²) in [5, 5.41) is 6.65. The number of hydrogen-bond donors (Lipinski definition) is 2. The molecule has 5 nitrogen and oxygen atoms in total. The first-order valence-corrected chi connectivity index (χ1v) is 9.60. The number of nitrogens with one attached hydrogen (secondary N) is 2. The van der Waals surface area contributed by atoms with E-state index in [-0.39, 0.29) is 18.2 Å². The number of nitrogens with zero attached hydrogens (tertiary/aromatic N) is 2. The quantitative estimate of drug-likeness (QED) is 0.527. The molecule has 0 bridgehead atoms. The highest BCUT2D eigenvalue weighted by atomic mass is 32.1. The van der Waals surface area contributed by atoms with Crippen molar-refractivity contribution in [1.82, 2.24) is 9.97 Å². The van der Waals surface area contributed by atoms with Crippen LogP contribution in [0.25, 0.3) is 10.9 Å². The minimum Gasteiger partial charge on any atom is -0.356 e. The fourth-order valence-corrected chi connectivity index (χ4v) is 4.17. The highest BCUT2D eigenvalue weighted by Gasteiger charge is 2.32. The third-order valence-corrected chi connectivity index (χ3v) is 5.42. The van der Waals surface area contributed by atoms with Gasteiger partial charge >= 0.3 is 0 Å². The van der Waals surface area contributed by atoms with E-state index >= 15 is 0 Å². The molecule has 1 amide bonds. The molecule has 1 aliphatic rings. The molecule has 1 aliphatic heterocycles. The molecule has 2 N–H and O–H groups in total. The zero-order valence-electron chi connectivity index (χ0n) is 14.3. The molecule has 2 aromatic carbocycles. The molecular weight excluding hydrogens is 356 g/mol. The minimum absolute atomic E-state index is 0.0604. The lowest BCUT2D eigenvalue weighted by atomic mass is 9.89. The van der Waals surface area contributed by atoms with Crippen LogP contribution >= 0.6 is 11.3 Å². The van der Waals surface area contributed by atoms with E-state index in [1.54, 1.807) is 6.20 Å². The number of aliphatic imine (C=N–C) groups is 1. The number of amides is 1. The highest BCUT2D eigenvalue weighted by Crippen LogP contribution is 2.40.